The van der Waals surface area contributed by atoms with Crippen LogP contribution >= 0.6 is 23.2 Å². The van der Waals surface area contributed by atoms with E-state index in [9.17, 15) is 9.59 Å². The number of nitrogens with two attached hydrogens (primary N) is 1. The van der Waals surface area contributed by atoms with Crippen molar-refractivity contribution in [3.63, 3.8) is 0 Å². The van der Waals surface area contributed by atoms with Gasteiger partial charge in [-0.2, -0.15) is 5.26 Å². The molecule has 3 N–H and O–H groups in total. The number of amides is 2. The molecule has 0 unspecified atom stereocenters. The van der Waals surface area contributed by atoms with Gasteiger partial charge in [0.1, 0.15) is 11.8 Å². The van der Waals surface area contributed by atoms with Gasteiger partial charge in [-0.25, -0.2) is 0 Å². The number of nitrogens with one attached hydrogen (secondary N) is 1. The molecule has 0 aromatic heterocycles. The first-order valence-electron chi connectivity index (χ1n) is 6.62. The summed E-state index contributed by atoms with van der Waals surface area (Å²) in [4.78, 5) is 23.3. The predicted molar refractivity (Wildman–Crippen MR) is 90.3 cm³/mol. The highest BCUT2D eigenvalue weighted by Crippen LogP contribution is 2.23. The average Bonchev–Trinajstić information content (AvgIpc) is 2.53. The largest absolute Gasteiger partial charge is 0.483 e. The van der Waals surface area contributed by atoms with Gasteiger partial charge in [0, 0.05) is 10.0 Å². The van der Waals surface area contributed by atoms with Gasteiger partial charge < -0.3 is 15.8 Å². The number of anilines is 1. The maximum Gasteiger partial charge on any atom is 0.262 e. The number of hydrogen-bond donors (Lipinski definition) is 2. The second-order valence-electron chi connectivity index (χ2n) is 4.64. The summed E-state index contributed by atoms with van der Waals surface area (Å²) in [6.45, 7) is -0.390. The van der Waals surface area contributed by atoms with E-state index in [4.69, 9.17) is 38.9 Å². The number of carbonyl (C=O) groups excluding carboxylic acids is 2. The minimum atomic E-state index is -0.727. The Bertz CT molecular complexity index is 847. The Morgan fingerprint density at radius 2 is 1.83 bits per heavy atom. The van der Waals surface area contributed by atoms with Crippen LogP contribution in [0.4, 0.5) is 5.69 Å². The van der Waals surface area contributed by atoms with E-state index >= 15 is 0 Å². The van der Waals surface area contributed by atoms with Crippen LogP contribution < -0.4 is 15.8 Å². The fraction of sp³-hybridized carbons (Fsp3) is 0.0625. The van der Waals surface area contributed by atoms with Crippen molar-refractivity contribution in [2.24, 2.45) is 5.73 Å². The second-order valence-corrected chi connectivity index (χ2v) is 5.52. The van der Waals surface area contributed by atoms with Crippen LogP contribution in [0.2, 0.25) is 10.0 Å². The van der Waals surface area contributed by atoms with Crippen LogP contribution in [0.15, 0.2) is 36.4 Å². The molecular weight excluding hydrogens is 353 g/mol. The molecule has 2 rings (SSSR count). The van der Waals surface area contributed by atoms with Crippen LogP contribution in [0.3, 0.4) is 0 Å². The lowest BCUT2D eigenvalue weighted by Crippen LogP contribution is -2.22. The molecule has 0 saturated carbocycles. The Morgan fingerprint density at radius 1 is 1.17 bits per heavy atom. The lowest BCUT2D eigenvalue weighted by atomic mass is 10.2. The summed E-state index contributed by atoms with van der Waals surface area (Å²) < 4.78 is 5.30. The average molecular weight is 364 g/mol. The van der Waals surface area contributed by atoms with E-state index in [1.54, 1.807) is 6.07 Å². The first kappa shape index (κ1) is 17.6. The van der Waals surface area contributed by atoms with Crippen molar-refractivity contribution in [3.05, 3.63) is 57.6 Å². The molecule has 0 bridgehead atoms. The van der Waals surface area contributed by atoms with E-state index in [1.807, 2.05) is 6.07 Å². The number of primary amides is 1. The van der Waals surface area contributed by atoms with Crippen molar-refractivity contribution in [3.8, 4) is 11.8 Å². The van der Waals surface area contributed by atoms with Crippen LogP contribution in [0.25, 0.3) is 0 Å². The first-order valence-corrected chi connectivity index (χ1v) is 7.38. The van der Waals surface area contributed by atoms with Gasteiger partial charge in [-0.05, 0) is 36.4 Å². The number of nitrogens with zero attached hydrogens (tertiary/aromatic N) is 1. The molecule has 0 atom stereocenters. The van der Waals surface area contributed by atoms with E-state index in [1.165, 1.54) is 30.3 Å². The van der Waals surface area contributed by atoms with E-state index in [2.05, 4.69) is 5.32 Å². The molecule has 0 aliphatic heterocycles. The molecule has 122 valence electrons. The standard InChI is InChI=1S/C16H11Cl2N3O3/c17-10-3-4-14(12(5-10)16(20)23)24-8-15(22)21-13-6-11(18)2-1-9(13)7-19/h1-6H,8H2,(H2,20,23)(H,21,22). The molecule has 0 radical (unpaired) electrons. The zero-order valence-electron chi connectivity index (χ0n) is 12.2. The van der Waals surface area contributed by atoms with Crippen LogP contribution in [0, 0.1) is 11.3 Å². The molecule has 2 aromatic rings. The Hall–Kier alpha value is -2.75. The number of ether oxygens (including phenoxy) is 1. The van der Waals surface area contributed by atoms with Gasteiger partial charge in [-0.15, -0.1) is 0 Å². The van der Waals surface area contributed by atoms with Crippen molar-refractivity contribution < 1.29 is 14.3 Å². The highest BCUT2D eigenvalue weighted by atomic mass is 35.5. The van der Waals surface area contributed by atoms with E-state index < -0.39 is 11.8 Å². The molecule has 2 aromatic carbocycles. The number of nitriles is 1. The van der Waals surface area contributed by atoms with E-state index in [0.717, 1.165) is 0 Å². The Balaban J connectivity index is 2.09. The third-order valence-electron chi connectivity index (χ3n) is 2.94. The van der Waals surface area contributed by atoms with Gasteiger partial charge >= 0.3 is 0 Å². The maximum absolute atomic E-state index is 12.0. The Labute approximate surface area is 147 Å². The first-order chi connectivity index (χ1) is 11.4. The summed E-state index contributed by atoms with van der Waals surface area (Å²) in [5, 5.41) is 12.2. The number of carbonyl (C=O) groups is 2. The second kappa shape index (κ2) is 7.68. The molecule has 0 fully saturated rings. The van der Waals surface area contributed by atoms with Crippen molar-refractivity contribution in [2.75, 3.05) is 11.9 Å². The maximum atomic E-state index is 12.0. The van der Waals surface area contributed by atoms with Crippen molar-refractivity contribution >= 4 is 40.7 Å². The van der Waals surface area contributed by atoms with Crippen molar-refractivity contribution in [2.45, 2.75) is 0 Å². The molecule has 2 amide bonds. The van der Waals surface area contributed by atoms with Crippen molar-refractivity contribution in [1.82, 2.24) is 0 Å². The molecular formula is C16H11Cl2N3O3. The van der Waals surface area contributed by atoms with E-state index in [0.29, 0.717) is 10.0 Å². The normalized spacial score (nSPS) is 9.88. The third-order valence-corrected chi connectivity index (χ3v) is 3.41. The summed E-state index contributed by atoms with van der Waals surface area (Å²) >= 11 is 11.6. The van der Waals surface area contributed by atoms with Gasteiger partial charge in [0.25, 0.3) is 11.8 Å². The van der Waals surface area contributed by atoms with Gasteiger partial charge in [-0.1, -0.05) is 23.2 Å². The molecule has 0 aliphatic carbocycles. The smallest absolute Gasteiger partial charge is 0.262 e. The van der Waals surface area contributed by atoms with Gasteiger partial charge in [0.05, 0.1) is 16.8 Å². The zero-order valence-corrected chi connectivity index (χ0v) is 13.7. The molecule has 6 nitrogen and oxygen atoms in total. The van der Waals surface area contributed by atoms with Crippen molar-refractivity contribution in [1.29, 1.82) is 5.26 Å². The number of rotatable bonds is 5. The Morgan fingerprint density at radius 3 is 2.50 bits per heavy atom. The molecule has 24 heavy (non-hydrogen) atoms. The number of hydrogen-bond acceptors (Lipinski definition) is 4. The topological polar surface area (TPSA) is 105 Å². The predicted octanol–water partition coefficient (Wildman–Crippen LogP) is 2.98. The van der Waals surface area contributed by atoms with Gasteiger partial charge in [-0.3, -0.25) is 9.59 Å². The molecule has 0 heterocycles. The van der Waals surface area contributed by atoms with Crippen LogP contribution in [0.5, 0.6) is 5.75 Å². The lowest BCUT2D eigenvalue weighted by molar-refractivity contribution is -0.118. The van der Waals surface area contributed by atoms with Gasteiger partial charge in [0.2, 0.25) is 0 Å². The SMILES string of the molecule is N#Cc1ccc(Cl)cc1NC(=O)COc1ccc(Cl)cc1C(N)=O. The molecule has 0 spiro atoms. The minimum Gasteiger partial charge on any atom is -0.483 e. The summed E-state index contributed by atoms with van der Waals surface area (Å²) in [7, 11) is 0. The highest BCUT2D eigenvalue weighted by molar-refractivity contribution is 6.31. The zero-order chi connectivity index (χ0) is 17.7. The summed E-state index contributed by atoms with van der Waals surface area (Å²) in [6.07, 6.45) is 0. The minimum absolute atomic E-state index is 0.0655. The summed E-state index contributed by atoms with van der Waals surface area (Å²) in [5.74, 6) is -1.12. The number of benzene rings is 2. The fourth-order valence-corrected chi connectivity index (χ4v) is 2.21. The van der Waals surface area contributed by atoms with E-state index in [-0.39, 0.29) is 29.2 Å². The summed E-state index contributed by atoms with van der Waals surface area (Å²) in [5.41, 5.74) is 5.83. The Kier molecular flexibility index (Phi) is 5.64. The molecule has 0 aliphatic rings. The lowest BCUT2D eigenvalue weighted by Gasteiger charge is -2.11. The highest BCUT2D eigenvalue weighted by Gasteiger charge is 2.13. The van der Waals surface area contributed by atoms with Crippen LogP contribution in [0.1, 0.15) is 15.9 Å². The van der Waals surface area contributed by atoms with Crippen LogP contribution in [-0.2, 0) is 4.79 Å². The fourth-order valence-electron chi connectivity index (χ4n) is 1.87. The van der Waals surface area contributed by atoms with Gasteiger partial charge in [0.15, 0.2) is 6.61 Å². The third kappa shape index (κ3) is 4.38. The quantitative estimate of drug-likeness (QED) is 0.851. The molecule has 0 saturated heterocycles. The molecule has 8 heteroatoms. The monoisotopic (exact) mass is 363 g/mol. The van der Waals surface area contributed by atoms with Crippen LogP contribution in [-0.4, -0.2) is 18.4 Å². The summed E-state index contributed by atoms with van der Waals surface area (Å²) in [6, 6.07) is 10.7. The number of halogens is 2.